The fraction of sp³-hybridized carbons (Fsp3) is 0.462. The molecule has 0 aliphatic heterocycles. The van der Waals surface area contributed by atoms with Crippen LogP contribution in [0.4, 0.5) is 0 Å². The molecule has 0 aliphatic rings. The fourth-order valence-electron chi connectivity index (χ4n) is 1.27. The minimum absolute atomic E-state index is 0.645. The van der Waals surface area contributed by atoms with E-state index < -0.39 is 0 Å². The van der Waals surface area contributed by atoms with Crippen LogP contribution in [0, 0.1) is 10.8 Å². The van der Waals surface area contributed by atoms with E-state index in [2.05, 4.69) is 52.0 Å². The largest absolute Gasteiger partial charge is 0.242 e. The van der Waals surface area contributed by atoms with Gasteiger partial charge in [-0.1, -0.05) is 52.0 Å². The number of nitrogens with one attached hydrogen (secondary N) is 2. The van der Waals surface area contributed by atoms with Gasteiger partial charge in [-0.05, 0) is 23.0 Å². The van der Waals surface area contributed by atoms with E-state index in [9.17, 15) is 0 Å². The molecule has 0 radical (unpaired) electrons. The zero-order chi connectivity index (χ0) is 11.8. The van der Waals surface area contributed by atoms with Crippen molar-refractivity contribution in [3.8, 4) is 0 Å². The molecule has 0 bridgehead atoms. The van der Waals surface area contributed by atoms with E-state index in [-0.39, 0.29) is 0 Å². The van der Waals surface area contributed by atoms with Crippen molar-refractivity contribution in [1.82, 2.24) is 0 Å². The summed E-state index contributed by atoms with van der Waals surface area (Å²) >= 11 is 0. The Balaban J connectivity index is 0.000000583. The van der Waals surface area contributed by atoms with E-state index in [0.29, 0.717) is 11.8 Å². The first kappa shape index (κ1) is 13.6. The summed E-state index contributed by atoms with van der Waals surface area (Å²) in [6.07, 6.45) is 0. The Bertz CT molecular complexity index is 277. The summed E-state index contributed by atoms with van der Waals surface area (Å²) in [7, 11) is 0. The maximum atomic E-state index is 5.62. The molecule has 1 aromatic rings. The molecule has 82 valence electrons. The molecule has 15 heavy (non-hydrogen) atoms. The molecule has 2 heteroatoms. The Hall–Kier alpha value is -1.40. The summed E-state index contributed by atoms with van der Waals surface area (Å²) in [5.74, 6) is 1.29. The van der Waals surface area contributed by atoms with Gasteiger partial charge >= 0.3 is 0 Å². The van der Waals surface area contributed by atoms with Gasteiger partial charge in [-0.25, -0.2) is 10.8 Å². The van der Waals surface area contributed by atoms with Gasteiger partial charge in [0.05, 0.1) is 6.01 Å². The minimum atomic E-state index is 0.645. The molecule has 0 heterocycles. The molecule has 0 atom stereocenters. The second-order valence-electron chi connectivity index (χ2n) is 4.10. The first-order chi connectivity index (χ1) is 7.02. The van der Waals surface area contributed by atoms with Crippen LogP contribution in [0.25, 0.3) is 0 Å². The average Bonchev–Trinajstić information content (AvgIpc) is 2.19. The summed E-state index contributed by atoms with van der Waals surface area (Å²) in [5, 5.41) is 11.2. The average molecular weight is 204 g/mol. The topological polar surface area (TPSA) is 47.7 Å². The van der Waals surface area contributed by atoms with Crippen LogP contribution in [-0.4, -0.2) is 6.01 Å². The van der Waals surface area contributed by atoms with E-state index in [4.69, 9.17) is 10.8 Å². The molecule has 1 aromatic carbocycles. The SMILES string of the molecule is CC(C)c1ccc(C(C)C)cc1.N=C=N. The normalized spacial score (nSPS) is 9.47. The highest BCUT2D eigenvalue weighted by molar-refractivity contribution is 5.29. The van der Waals surface area contributed by atoms with Gasteiger partial charge in [0.2, 0.25) is 0 Å². The minimum Gasteiger partial charge on any atom is -0.242 e. The lowest BCUT2D eigenvalue weighted by Crippen LogP contribution is -1.90. The lowest BCUT2D eigenvalue weighted by molar-refractivity contribution is 0.845. The quantitative estimate of drug-likeness (QED) is 0.676. The molecule has 2 nitrogen and oxygen atoms in total. The first-order valence-corrected chi connectivity index (χ1v) is 5.21. The maximum Gasteiger partial charge on any atom is 0.0831 e. The molecule has 0 saturated heterocycles. The van der Waals surface area contributed by atoms with Gasteiger partial charge in [-0.3, -0.25) is 0 Å². The third kappa shape index (κ3) is 5.14. The predicted molar refractivity (Wildman–Crippen MR) is 65.1 cm³/mol. The van der Waals surface area contributed by atoms with Crippen molar-refractivity contribution in [2.24, 2.45) is 0 Å². The second-order valence-corrected chi connectivity index (χ2v) is 4.10. The van der Waals surface area contributed by atoms with Crippen molar-refractivity contribution >= 4 is 6.01 Å². The molecule has 0 unspecified atom stereocenters. The zero-order valence-electron chi connectivity index (χ0n) is 9.96. The van der Waals surface area contributed by atoms with Crippen LogP contribution in [0.1, 0.15) is 50.7 Å². The van der Waals surface area contributed by atoms with Crippen LogP contribution in [0.3, 0.4) is 0 Å². The first-order valence-electron chi connectivity index (χ1n) is 5.21. The van der Waals surface area contributed by atoms with Crippen molar-refractivity contribution in [3.05, 3.63) is 35.4 Å². The van der Waals surface area contributed by atoms with Gasteiger partial charge in [-0.2, -0.15) is 0 Å². The van der Waals surface area contributed by atoms with Crippen molar-refractivity contribution in [3.63, 3.8) is 0 Å². The lowest BCUT2D eigenvalue weighted by Gasteiger charge is -2.08. The Morgan fingerprint density at radius 2 is 1.00 bits per heavy atom. The highest BCUT2D eigenvalue weighted by Crippen LogP contribution is 2.18. The molecule has 0 amide bonds. The summed E-state index contributed by atoms with van der Waals surface area (Å²) in [5.41, 5.74) is 2.86. The van der Waals surface area contributed by atoms with Gasteiger partial charge in [0.25, 0.3) is 0 Å². The van der Waals surface area contributed by atoms with Crippen LogP contribution in [0.5, 0.6) is 0 Å². The summed E-state index contributed by atoms with van der Waals surface area (Å²) in [6.45, 7) is 8.91. The van der Waals surface area contributed by atoms with Crippen molar-refractivity contribution in [2.45, 2.75) is 39.5 Å². The number of hydrogen-bond acceptors (Lipinski definition) is 2. The summed E-state index contributed by atoms with van der Waals surface area (Å²) in [4.78, 5) is 0. The zero-order valence-corrected chi connectivity index (χ0v) is 9.96. The van der Waals surface area contributed by atoms with Gasteiger partial charge in [0, 0.05) is 0 Å². The Labute approximate surface area is 92.4 Å². The third-order valence-electron chi connectivity index (χ3n) is 2.27. The van der Waals surface area contributed by atoms with Crippen LogP contribution in [0.2, 0.25) is 0 Å². The Kier molecular flexibility index (Phi) is 6.32. The summed E-state index contributed by atoms with van der Waals surface area (Å²) in [6, 6.07) is 10.2. The maximum absolute atomic E-state index is 5.62. The smallest absolute Gasteiger partial charge is 0.0831 e. The number of benzene rings is 1. The Morgan fingerprint density at radius 3 is 1.13 bits per heavy atom. The van der Waals surface area contributed by atoms with Crippen molar-refractivity contribution in [1.29, 1.82) is 10.8 Å². The molecule has 0 spiro atoms. The highest BCUT2D eigenvalue weighted by atomic mass is 14.4. The molecule has 1 rings (SSSR count). The van der Waals surface area contributed by atoms with Crippen molar-refractivity contribution in [2.75, 3.05) is 0 Å². The summed E-state index contributed by atoms with van der Waals surface area (Å²) < 4.78 is 0. The van der Waals surface area contributed by atoms with Crippen LogP contribution < -0.4 is 0 Å². The second kappa shape index (κ2) is 6.97. The standard InChI is InChI=1S/C12H18.CH2N2/c1-9(2)11-5-7-12(8-6-11)10(3)4;2-1-3/h5-10H,1-4H3;2-3H. The molecule has 2 N–H and O–H groups in total. The number of hydrogen-bond donors (Lipinski definition) is 2. The van der Waals surface area contributed by atoms with Crippen LogP contribution in [0.15, 0.2) is 24.3 Å². The number of rotatable bonds is 2. The fourth-order valence-corrected chi connectivity index (χ4v) is 1.27. The Morgan fingerprint density at radius 1 is 0.800 bits per heavy atom. The van der Waals surface area contributed by atoms with Crippen molar-refractivity contribution < 1.29 is 0 Å². The molecule has 0 aromatic heterocycles. The van der Waals surface area contributed by atoms with E-state index in [1.165, 1.54) is 17.1 Å². The van der Waals surface area contributed by atoms with Gasteiger partial charge < -0.3 is 0 Å². The highest BCUT2D eigenvalue weighted by Gasteiger charge is 2.00. The monoisotopic (exact) mass is 204 g/mol. The van der Waals surface area contributed by atoms with E-state index in [1.54, 1.807) is 0 Å². The van der Waals surface area contributed by atoms with Gasteiger partial charge in [0.1, 0.15) is 0 Å². The molecular formula is C13H20N2. The third-order valence-corrected chi connectivity index (χ3v) is 2.27. The van der Waals surface area contributed by atoms with Gasteiger partial charge in [-0.15, -0.1) is 0 Å². The van der Waals surface area contributed by atoms with E-state index >= 15 is 0 Å². The van der Waals surface area contributed by atoms with E-state index in [1.807, 2.05) is 0 Å². The molecule has 0 saturated carbocycles. The van der Waals surface area contributed by atoms with E-state index in [0.717, 1.165) is 0 Å². The van der Waals surface area contributed by atoms with Crippen LogP contribution in [-0.2, 0) is 0 Å². The van der Waals surface area contributed by atoms with Gasteiger partial charge in [0.15, 0.2) is 0 Å². The molecular weight excluding hydrogens is 184 g/mol. The lowest BCUT2D eigenvalue weighted by atomic mass is 9.97. The molecule has 0 aliphatic carbocycles. The predicted octanol–water partition coefficient (Wildman–Crippen LogP) is 4.25. The molecule has 0 fully saturated rings. The van der Waals surface area contributed by atoms with Crippen LogP contribution >= 0.6 is 0 Å².